The first kappa shape index (κ1) is 13.1. The highest BCUT2D eigenvalue weighted by molar-refractivity contribution is 5.76. The number of amides is 1. The molecule has 1 amide bonds. The van der Waals surface area contributed by atoms with E-state index in [2.05, 4.69) is 5.32 Å². The Morgan fingerprint density at radius 1 is 1.39 bits per heavy atom. The predicted molar refractivity (Wildman–Crippen MR) is 67.9 cm³/mol. The minimum Gasteiger partial charge on any atom is -0.395 e. The van der Waals surface area contributed by atoms with Crippen molar-refractivity contribution in [1.29, 1.82) is 0 Å². The molecule has 0 saturated carbocycles. The normalized spacial score (nSPS) is 22.3. The fourth-order valence-corrected chi connectivity index (χ4v) is 2.52. The van der Waals surface area contributed by atoms with Gasteiger partial charge in [-0.2, -0.15) is 0 Å². The van der Waals surface area contributed by atoms with Crippen molar-refractivity contribution in [2.75, 3.05) is 13.2 Å². The molecule has 4 nitrogen and oxygen atoms in total. The minimum atomic E-state index is -0.560. The standard InChI is InChI=1S/C14H19NO3/c16-8-7-15-13(17)9-11-6-5-10-3-1-2-4-12(10)14(11)18/h1-4,11,14,16,18H,5-9H2,(H,15,17). The van der Waals surface area contributed by atoms with Crippen molar-refractivity contribution >= 4 is 5.91 Å². The summed E-state index contributed by atoms with van der Waals surface area (Å²) in [6.07, 6.45) is 1.49. The molecule has 0 saturated heterocycles. The fourth-order valence-electron chi connectivity index (χ4n) is 2.52. The summed E-state index contributed by atoms with van der Waals surface area (Å²) < 4.78 is 0. The summed E-state index contributed by atoms with van der Waals surface area (Å²) in [6.45, 7) is 0.222. The summed E-state index contributed by atoms with van der Waals surface area (Å²) in [6, 6.07) is 7.84. The molecule has 0 bridgehead atoms. The third-order valence-corrected chi connectivity index (χ3v) is 3.49. The third kappa shape index (κ3) is 2.89. The molecule has 0 aromatic heterocycles. The minimum absolute atomic E-state index is 0.0291. The number of aliphatic hydroxyl groups excluding tert-OH is 2. The average molecular weight is 249 g/mol. The van der Waals surface area contributed by atoms with E-state index in [9.17, 15) is 9.90 Å². The first-order valence-corrected chi connectivity index (χ1v) is 6.36. The Morgan fingerprint density at radius 3 is 2.94 bits per heavy atom. The Bertz CT molecular complexity index is 419. The van der Waals surface area contributed by atoms with Gasteiger partial charge in [0, 0.05) is 13.0 Å². The molecule has 0 heterocycles. The van der Waals surface area contributed by atoms with Gasteiger partial charge >= 0.3 is 0 Å². The van der Waals surface area contributed by atoms with Gasteiger partial charge in [0.15, 0.2) is 0 Å². The molecule has 1 aliphatic carbocycles. The van der Waals surface area contributed by atoms with E-state index in [4.69, 9.17) is 5.11 Å². The van der Waals surface area contributed by atoms with Crippen LogP contribution in [0.1, 0.15) is 30.1 Å². The van der Waals surface area contributed by atoms with E-state index in [0.717, 1.165) is 18.4 Å². The van der Waals surface area contributed by atoms with Crippen LogP contribution in [-0.2, 0) is 11.2 Å². The van der Waals surface area contributed by atoms with Crippen LogP contribution in [0, 0.1) is 5.92 Å². The maximum Gasteiger partial charge on any atom is 0.220 e. The lowest BCUT2D eigenvalue weighted by molar-refractivity contribution is -0.123. The van der Waals surface area contributed by atoms with Gasteiger partial charge in [-0.25, -0.2) is 0 Å². The molecule has 0 fully saturated rings. The molecule has 1 aromatic carbocycles. The zero-order valence-corrected chi connectivity index (χ0v) is 10.3. The first-order valence-electron chi connectivity index (χ1n) is 6.36. The number of nitrogens with one attached hydrogen (secondary N) is 1. The molecule has 0 aliphatic heterocycles. The van der Waals surface area contributed by atoms with E-state index in [1.54, 1.807) is 0 Å². The van der Waals surface area contributed by atoms with Crippen LogP contribution < -0.4 is 5.32 Å². The Hall–Kier alpha value is -1.39. The largest absolute Gasteiger partial charge is 0.395 e. The highest BCUT2D eigenvalue weighted by Gasteiger charge is 2.29. The lowest BCUT2D eigenvalue weighted by Gasteiger charge is -2.29. The number of aliphatic hydroxyl groups is 2. The van der Waals surface area contributed by atoms with Crippen LogP contribution in [0.15, 0.2) is 24.3 Å². The van der Waals surface area contributed by atoms with Crippen molar-refractivity contribution in [3.8, 4) is 0 Å². The van der Waals surface area contributed by atoms with Crippen LogP contribution in [-0.4, -0.2) is 29.3 Å². The topological polar surface area (TPSA) is 69.6 Å². The summed E-state index contributed by atoms with van der Waals surface area (Å²) in [4.78, 5) is 11.6. The molecule has 1 aromatic rings. The monoisotopic (exact) mass is 249 g/mol. The van der Waals surface area contributed by atoms with E-state index in [-0.39, 0.29) is 25.0 Å². The van der Waals surface area contributed by atoms with Crippen molar-refractivity contribution in [2.45, 2.75) is 25.4 Å². The number of rotatable bonds is 4. The average Bonchev–Trinajstić information content (AvgIpc) is 2.40. The Morgan fingerprint density at radius 2 is 2.17 bits per heavy atom. The quantitative estimate of drug-likeness (QED) is 0.738. The van der Waals surface area contributed by atoms with E-state index < -0.39 is 6.10 Å². The van der Waals surface area contributed by atoms with E-state index in [1.165, 1.54) is 5.56 Å². The van der Waals surface area contributed by atoms with E-state index >= 15 is 0 Å². The van der Waals surface area contributed by atoms with Gasteiger partial charge in [0.25, 0.3) is 0 Å². The second kappa shape index (κ2) is 5.98. The molecule has 2 atom stereocenters. The molecule has 98 valence electrons. The maximum absolute atomic E-state index is 11.6. The lowest BCUT2D eigenvalue weighted by Crippen LogP contribution is -2.31. The molecule has 1 aliphatic rings. The van der Waals surface area contributed by atoms with Gasteiger partial charge in [0.1, 0.15) is 0 Å². The van der Waals surface area contributed by atoms with Gasteiger partial charge < -0.3 is 15.5 Å². The second-order valence-electron chi connectivity index (χ2n) is 4.72. The van der Waals surface area contributed by atoms with Crippen LogP contribution in [0.5, 0.6) is 0 Å². The molecule has 18 heavy (non-hydrogen) atoms. The fraction of sp³-hybridized carbons (Fsp3) is 0.500. The predicted octanol–water partition coefficient (Wildman–Crippen LogP) is 0.781. The number of hydrogen-bond donors (Lipinski definition) is 3. The molecule has 3 N–H and O–H groups in total. The van der Waals surface area contributed by atoms with Crippen LogP contribution in [0.25, 0.3) is 0 Å². The Kier molecular flexibility index (Phi) is 4.33. The van der Waals surface area contributed by atoms with E-state index in [0.29, 0.717) is 6.42 Å². The van der Waals surface area contributed by atoms with Gasteiger partial charge in [-0.15, -0.1) is 0 Å². The number of aryl methyl sites for hydroxylation is 1. The third-order valence-electron chi connectivity index (χ3n) is 3.49. The Labute approximate surface area is 107 Å². The lowest BCUT2D eigenvalue weighted by atomic mass is 9.80. The summed E-state index contributed by atoms with van der Waals surface area (Å²) in [5, 5.41) is 21.5. The maximum atomic E-state index is 11.6. The Balaban J connectivity index is 1.99. The highest BCUT2D eigenvalue weighted by atomic mass is 16.3. The first-order chi connectivity index (χ1) is 8.72. The summed E-state index contributed by atoms with van der Waals surface area (Å²) in [5.74, 6) is -0.133. The molecular formula is C14H19NO3. The molecule has 0 spiro atoms. The number of carbonyl (C=O) groups excluding carboxylic acids is 1. The number of fused-ring (bicyclic) bond motifs is 1. The van der Waals surface area contributed by atoms with Crippen molar-refractivity contribution in [2.24, 2.45) is 5.92 Å². The van der Waals surface area contributed by atoms with Crippen LogP contribution in [0.3, 0.4) is 0 Å². The zero-order chi connectivity index (χ0) is 13.0. The van der Waals surface area contributed by atoms with Crippen LogP contribution in [0.4, 0.5) is 0 Å². The van der Waals surface area contributed by atoms with Crippen LogP contribution >= 0.6 is 0 Å². The van der Waals surface area contributed by atoms with Crippen molar-refractivity contribution in [3.63, 3.8) is 0 Å². The van der Waals surface area contributed by atoms with E-state index in [1.807, 2.05) is 24.3 Å². The SMILES string of the molecule is O=C(CC1CCc2ccccc2C1O)NCCO. The summed E-state index contributed by atoms with van der Waals surface area (Å²) in [5.41, 5.74) is 2.13. The number of benzene rings is 1. The molecular weight excluding hydrogens is 230 g/mol. The molecule has 2 rings (SSSR count). The number of hydrogen-bond acceptors (Lipinski definition) is 3. The van der Waals surface area contributed by atoms with Gasteiger partial charge in [0.05, 0.1) is 12.7 Å². The van der Waals surface area contributed by atoms with Gasteiger partial charge in [-0.05, 0) is 29.9 Å². The van der Waals surface area contributed by atoms with Crippen molar-refractivity contribution in [3.05, 3.63) is 35.4 Å². The zero-order valence-electron chi connectivity index (χ0n) is 10.3. The summed E-state index contributed by atoms with van der Waals surface area (Å²) >= 11 is 0. The second-order valence-corrected chi connectivity index (χ2v) is 4.72. The van der Waals surface area contributed by atoms with Crippen LogP contribution in [0.2, 0.25) is 0 Å². The molecule has 4 heteroatoms. The van der Waals surface area contributed by atoms with Gasteiger partial charge in [-0.1, -0.05) is 24.3 Å². The van der Waals surface area contributed by atoms with Gasteiger partial charge in [-0.3, -0.25) is 4.79 Å². The smallest absolute Gasteiger partial charge is 0.220 e. The molecule has 2 unspecified atom stereocenters. The highest BCUT2D eigenvalue weighted by Crippen LogP contribution is 2.35. The molecule has 0 radical (unpaired) electrons. The van der Waals surface area contributed by atoms with Gasteiger partial charge in [0.2, 0.25) is 5.91 Å². The number of carbonyl (C=O) groups is 1. The van der Waals surface area contributed by atoms with Crippen molar-refractivity contribution < 1.29 is 15.0 Å². The summed E-state index contributed by atoms with van der Waals surface area (Å²) in [7, 11) is 0. The van der Waals surface area contributed by atoms with Crippen molar-refractivity contribution in [1.82, 2.24) is 5.32 Å².